The van der Waals surface area contributed by atoms with Crippen LogP contribution in [0.4, 0.5) is 0 Å². The van der Waals surface area contributed by atoms with Crippen LogP contribution in [0.25, 0.3) is 6.08 Å². The highest BCUT2D eigenvalue weighted by Gasteiger charge is 1.97. The Morgan fingerprint density at radius 3 is 2.26 bits per heavy atom. The number of rotatable bonds is 4. The van der Waals surface area contributed by atoms with Crippen LogP contribution in [0.5, 0.6) is 5.75 Å². The summed E-state index contributed by atoms with van der Waals surface area (Å²) >= 11 is 0. The highest BCUT2D eigenvalue weighted by Crippen LogP contribution is 2.10. The van der Waals surface area contributed by atoms with Crippen LogP contribution in [0.15, 0.2) is 72.8 Å². The lowest BCUT2D eigenvalue weighted by atomic mass is 10.1. The van der Waals surface area contributed by atoms with Crippen molar-refractivity contribution in [1.82, 2.24) is 0 Å². The summed E-state index contributed by atoms with van der Waals surface area (Å²) < 4.78 is 0. The van der Waals surface area contributed by atoms with Gasteiger partial charge in [0.2, 0.25) is 0 Å². The summed E-state index contributed by atoms with van der Waals surface area (Å²) in [5.41, 5.74) is 1.64. The first-order valence-electron chi connectivity index (χ1n) is 5.99. The van der Waals surface area contributed by atoms with Gasteiger partial charge in [-0.25, -0.2) is 0 Å². The molecule has 0 fully saturated rings. The molecular formula is C17H14O2. The number of carbonyl (C=O) groups excluding carboxylic acids is 1. The maximum Gasteiger partial charge on any atom is 0.185 e. The van der Waals surface area contributed by atoms with Gasteiger partial charge in [-0.15, -0.1) is 0 Å². The summed E-state index contributed by atoms with van der Waals surface area (Å²) in [4.78, 5) is 11.7. The molecule has 2 aromatic rings. The second-order valence-electron chi connectivity index (χ2n) is 4.04. The zero-order valence-electron chi connectivity index (χ0n) is 10.4. The maximum atomic E-state index is 11.7. The molecule has 0 bridgehead atoms. The summed E-state index contributed by atoms with van der Waals surface area (Å²) in [7, 11) is 0. The molecule has 2 rings (SSSR count). The standard InChI is InChI=1S/C17H14O2/c18-16-12-10-14(11-13-16)6-4-5-9-17(19)15-7-2-1-3-8-15/h1-13,18H/b6-4+,9-5+. The minimum absolute atomic E-state index is 0.0176. The number of carbonyl (C=O) groups is 1. The van der Waals surface area contributed by atoms with Gasteiger partial charge in [0.15, 0.2) is 5.78 Å². The molecule has 0 amide bonds. The molecule has 0 atom stereocenters. The highest BCUT2D eigenvalue weighted by molar-refractivity contribution is 6.04. The van der Waals surface area contributed by atoms with E-state index in [2.05, 4.69) is 0 Å². The van der Waals surface area contributed by atoms with Gasteiger partial charge in [-0.3, -0.25) is 4.79 Å². The number of benzene rings is 2. The van der Waals surface area contributed by atoms with E-state index in [9.17, 15) is 4.79 Å². The van der Waals surface area contributed by atoms with Gasteiger partial charge in [0, 0.05) is 5.56 Å². The topological polar surface area (TPSA) is 37.3 Å². The molecule has 0 aliphatic rings. The van der Waals surface area contributed by atoms with E-state index in [-0.39, 0.29) is 11.5 Å². The summed E-state index contributed by atoms with van der Waals surface area (Å²) in [6.45, 7) is 0. The number of hydrogen-bond acceptors (Lipinski definition) is 2. The molecule has 0 aliphatic heterocycles. The lowest BCUT2D eigenvalue weighted by molar-refractivity contribution is 0.104. The summed E-state index contributed by atoms with van der Waals surface area (Å²) in [6.07, 6.45) is 6.91. The average Bonchev–Trinajstić information content (AvgIpc) is 2.46. The molecular weight excluding hydrogens is 236 g/mol. The zero-order chi connectivity index (χ0) is 13.5. The third-order valence-electron chi connectivity index (χ3n) is 2.60. The minimum atomic E-state index is -0.0176. The number of phenols is 1. The summed E-state index contributed by atoms with van der Waals surface area (Å²) in [6, 6.07) is 16.0. The first-order chi connectivity index (χ1) is 9.25. The number of phenolic OH excluding ortho intramolecular Hbond substituents is 1. The third kappa shape index (κ3) is 3.96. The molecule has 0 unspecified atom stereocenters. The van der Waals surface area contributed by atoms with Crippen LogP contribution in [-0.4, -0.2) is 10.9 Å². The van der Waals surface area contributed by atoms with Crippen molar-refractivity contribution in [3.8, 4) is 5.75 Å². The van der Waals surface area contributed by atoms with Crippen molar-refractivity contribution < 1.29 is 9.90 Å². The molecule has 0 radical (unpaired) electrons. The van der Waals surface area contributed by atoms with Crippen LogP contribution < -0.4 is 0 Å². The fourth-order valence-corrected chi connectivity index (χ4v) is 1.59. The Morgan fingerprint density at radius 2 is 1.58 bits per heavy atom. The maximum absolute atomic E-state index is 11.7. The SMILES string of the molecule is O=C(/C=C/C=C/c1ccc(O)cc1)c1ccccc1. The second kappa shape index (κ2) is 6.36. The van der Waals surface area contributed by atoms with E-state index in [1.807, 2.05) is 24.3 Å². The van der Waals surface area contributed by atoms with E-state index in [0.717, 1.165) is 5.56 Å². The fraction of sp³-hybridized carbons (Fsp3) is 0. The Morgan fingerprint density at radius 1 is 0.895 bits per heavy atom. The van der Waals surface area contributed by atoms with Gasteiger partial charge in [0.25, 0.3) is 0 Å². The van der Waals surface area contributed by atoms with Crippen molar-refractivity contribution in [2.24, 2.45) is 0 Å². The van der Waals surface area contributed by atoms with Crippen molar-refractivity contribution in [2.45, 2.75) is 0 Å². The molecule has 0 saturated carbocycles. The first kappa shape index (κ1) is 12.8. The Hall–Kier alpha value is -2.61. The molecule has 19 heavy (non-hydrogen) atoms. The summed E-state index contributed by atoms with van der Waals surface area (Å²) in [5.74, 6) is 0.225. The van der Waals surface area contributed by atoms with Gasteiger partial charge < -0.3 is 5.11 Å². The minimum Gasteiger partial charge on any atom is -0.508 e. The number of hydrogen-bond donors (Lipinski definition) is 1. The second-order valence-corrected chi connectivity index (χ2v) is 4.04. The molecule has 0 aliphatic carbocycles. The lowest BCUT2D eigenvalue weighted by Crippen LogP contribution is -1.92. The monoisotopic (exact) mass is 250 g/mol. The quantitative estimate of drug-likeness (QED) is 0.508. The number of aromatic hydroxyl groups is 1. The van der Waals surface area contributed by atoms with Crippen LogP contribution in [0.3, 0.4) is 0 Å². The van der Waals surface area contributed by atoms with E-state index in [4.69, 9.17) is 5.11 Å². The number of ketones is 1. The smallest absolute Gasteiger partial charge is 0.185 e. The van der Waals surface area contributed by atoms with E-state index in [0.29, 0.717) is 5.56 Å². The van der Waals surface area contributed by atoms with E-state index >= 15 is 0 Å². The van der Waals surface area contributed by atoms with E-state index in [1.54, 1.807) is 48.6 Å². The molecule has 2 aromatic carbocycles. The fourth-order valence-electron chi connectivity index (χ4n) is 1.59. The highest BCUT2D eigenvalue weighted by atomic mass is 16.3. The third-order valence-corrected chi connectivity index (χ3v) is 2.60. The van der Waals surface area contributed by atoms with Gasteiger partial charge in [0.05, 0.1) is 0 Å². The van der Waals surface area contributed by atoms with Gasteiger partial charge in [-0.05, 0) is 23.8 Å². The Bertz CT molecular complexity index is 593. The van der Waals surface area contributed by atoms with Crippen LogP contribution in [0, 0.1) is 0 Å². The van der Waals surface area contributed by atoms with E-state index < -0.39 is 0 Å². The van der Waals surface area contributed by atoms with Gasteiger partial charge >= 0.3 is 0 Å². The van der Waals surface area contributed by atoms with Gasteiger partial charge in [0.1, 0.15) is 5.75 Å². The molecule has 2 heteroatoms. The first-order valence-corrected chi connectivity index (χ1v) is 5.99. The molecule has 1 N–H and O–H groups in total. The molecule has 2 nitrogen and oxygen atoms in total. The Balaban J connectivity index is 1.97. The molecule has 0 heterocycles. The van der Waals surface area contributed by atoms with Gasteiger partial charge in [-0.2, -0.15) is 0 Å². The van der Waals surface area contributed by atoms with Crippen LogP contribution in [0.1, 0.15) is 15.9 Å². The van der Waals surface area contributed by atoms with Crippen LogP contribution in [-0.2, 0) is 0 Å². The molecule has 0 spiro atoms. The molecule has 0 aromatic heterocycles. The van der Waals surface area contributed by atoms with Crippen molar-refractivity contribution in [3.05, 3.63) is 84.0 Å². The van der Waals surface area contributed by atoms with Crippen LogP contribution in [0.2, 0.25) is 0 Å². The normalized spacial score (nSPS) is 11.2. The Labute approximate surface area is 112 Å². The zero-order valence-corrected chi connectivity index (χ0v) is 10.4. The van der Waals surface area contributed by atoms with Crippen LogP contribution >= 0.6 is 0 Å². The van der Waals surface area contributed by atoms with Gasteiger partial charge in [-0.1, -0.05) is 60.7 Å². The van der Waals surface area contributed by atoms with Crippen molar-refractivity contribution >= 4 is 11.9 Å². The predicted octanol–water partition coefficient (Wildman–Crippen LogP) is 3.84. The molecule has 0 saturated heterocycles. The number of allylic oxidation sites excluding steroid dienone is 3. The van der Waals surface area contributed by atoms with Crippen molar-refractivity contribution in [3.63, 3.8) is 0 Å². The predicted molar refractivity (Wildman–Crippen MR) is 77.1 cm³/mol. The largest absolute Gasteiger partial charge is 0.508 e. The average molecular weight is 250 g/mol. The molecule has 94 valence electrons. The Kier molecular flexibility index (Phi) is 4.29. The lowest BCUT2D eigenvalue weighted by Gasteiger charge is -1.93. The summed E-state index contributed by atoms with van der Waals surface area (Å²) in [5, 5.41) is 9.14. The van der Waals surface area contributed by atoms with Crippen molar-refractivity contribution in [2.75, 3.05) is 0 Å². The van der Waals surface area contributed by atoms with E-state index in [1.165, 1.54) is 6.08 Å². The van der Waals surface area contributed by atoms with Crippen molar-refractivity contribution in [1.29, 1.82) is 0 Å².